The van der Waals surface area contributed by atoms with Crippen LogP contribution in [0.5, 0.6) is 11.5 Å². The third kappa shape index (κ3) is 3.44. The largest absolute Gasteiger partial charge is 0.497 e. The van der Waals surface area contributed by atoms with Crippen LogP contribution in [-0.2, 0) is 9.53 Å². The summed E-state index contributed by atoms with van der Waals surface area (Å²) in [5.74, 6) is 0.524. The van der Waals surface area contributed by atoms with Crippen molar-refractivity contribution in [3.63, 3.8) is 0 Å². The number of methoxy groups -OCH3 is 1. The molecule has 0 amide bonds. The van der Waals surface area contributed by atoms with Gasteiger partial charge in [-0.2, -0.15) is 0 Å². The van der Waals surface area contributed by atoms with E-state index in [0.717, 1.165) is 32.1 Å². The van der Waals surface area contributed by atoms with E-state index in [0.29, 0.717) is 11.3 Å². The molecule has 3 aromatic carbocycles. The van der Waals surface area contributed by atoms with Crippen LogP contribution in [0.3, 0.4) is 0 Å². The van der Waals surface area contributed by atoms with E-state index in [1.54, 1.807) is 14.0 Å². The van der Waals surface area contributed by atoms with Gasteiger partial charge in [0.15, 0.2) is 0 Å². The lowest BCUT2D eigenvalue weighted by Gasteiger charge is -2.29. The van der Waals surface area contributed by atoms with Crippen LogP contribution < -0.4 is 15.2 Å². The number of halogens is 1. The van der Waals surface area contributed by atoms with E-state index in [1.165, 1.54) is 0 Å². The van der Waals surface area contributed by atoms with Crippen molar-refractivity contribution >= 4 is 32.7 Å². The van der Waals surface area contributed by atoms with Crippen molar-refractivity contribution < 1.29 is 19.0 Å². The summed E-state index contributed by atoms with van der Waals surface area (Å²) in [6, 6.07) is 17.5. The summed E-state index contributed by atoms with van der Waals surface area (Å²) in [4.78, 5) is 12.8. The molecule has 1 aliphatic rings. The van der Waals surface area contributed by atoms with Gasteiger partial charge in [0.1, 0.15) is 17.1 Å². The number of hydrogen-bond acceptors (Lipinski definition) is 5. The van der Waals surface area contributed by atoms with E-state index in [4.69, 9.17) is 19.9 Å². The SMILES string of the molecule is CCOC(=O)C1=C(N)Oc2ccc3cc(Br)ccc3c2[C@@H]1c1ccc(OC)cc1. The fraction of sp³-hybridized carbons (Fsp3) is 0.174. The van der Waals surface area contributed by atoms with Crippen molar-refractivity contribution in [2.75, 3.05) is 13.7 Å². The van der Waals surface area contributed by atoms with Gasteiger partial charge in [0.05, 0.1) is 19.6 Å². The van der Waals surface area contributed by atoms with Gasteiger partial charge in [-0.3, -0.25) is 0 Å². The highest BCUT2D eigenvalue weighted by atomic mass is 79.9. The standard InChI is InChI=1S/C23H20BrNO4/c1-3-28-23(26)21-19(13-4-8-16(27-2)9-5-13)20-17-10-7-15(24)12-14(17)6-11-18(20)29-22(21)25/h4-12,19H,3,25H2,1-2H3/t19-/m0/s1. The number of rotatable bonds is 4. The van der Waals surface area contributed by atoms with Crippen LogP contribution in [0.4, 0.5) is 0 Å². The molecule has 148 valence electrons. The highest BCUT2D eigenvalue weighted by Crippen LogP contribution is 2.46. The number of hydrogen-bond donors (Lipinski definition) is 1. The summed E-state index contributed by atoms with van der Waals surface area (Å²) in [6.45, 7) is 2.02. The summed E-state index contributed by atoms with van der Waals surface area (Å²) in [5.41, 5.74) is 8.29. The first-order chi connectivity index (χ1) is 14.0. The van der Waals surface area contributed by atoms with Crippen molar-refractivity contribution in [2.45, 2.75) is 12.8 Å². The maximum Gasteiger partial charge on any atom is 0.340 e. The molecule has 6 heteroatoms. The molecular weight excluding hydrogens is 434 g/mol. The first-order valence-electron chi connectivity index (χ1n) is 9.24. The molecular formula is C23H20BrNO4. The average Bonchev–Trinajstić information content (AvgIpc) is 2.72. The van der Waals surface area contributed by atoms with Crippen LogP contribution in [-0.4, -0.2) is 19.7 Å². The second-order valence-corrected chi connectivity index (χ2v) is 7.57. The molecule has 0 spiro atoms. The Labute approximate surface area is 177 Å². The molecule has 0 radical (unpaired) electrons. The molecule has 0 fully saturated rings. The lowest BCUT2D eigenvalue weighted by atomic mass is 9.80. The quantitative estimate of drug-likeness (QED) is 0.570. The molecule has 0 unspecified atom stereocenters. The van der Waals surface area contributed by atoms with Gasteiger partial charge >= 0.3 is 5.97 Å². The van der Waals surface area contributed by atoms with Crippen molar-refractivity contribution in [3.05, 3.63) is 81.7 Å². The highest BCUT2D eigenvalue weighted by Gasteiger charge is 2.36. The third-order valence-electron chi connectivity index (χ3n) is 4.99. The fourth-order valence-corrected chi connectivity index (χ4v) is 4.09. The zero-order valence-electron chi connectivity index (χ0n) is 16.1. The summed E-state index contributed by atoms with van der Waals surface area (Å²) < 4.78 is 17.4. The summed E-state index contributed by atoms with van der Waals surface area (Å²) in [7, 11) is 1.62. The Morgan fingerprint density at radius 2 is 1.90 bits per heavy atom. The van der Waals surface area contributed by atoms with Gasteiger partial charge in [0.2, 0.25) is 5.88 Å². The van der Waals surface area contributed by atoms with Gasteiger partial charge < -0.3 is 19.9 Å². The Morgan fingerprint density at radius 1 is 1.14 bits per heavy atom. The van der Waals surface area contributed by atoms with Crippen LogP contribution in [0.2, 0.25) is 0 Å². The van der Waals surface area contributed by atoms with Gasteiger partial charge in [-0.05, 0) is 53.6 Å². The number of benzene rings is 3. The molecule has 1 heterocycles. The summed E-state index contributed by atoms with van der Waals surface area (Å²) in [6.07, 6.45) is 0. The van der Waals surface area contributed by atoms with Crippen LogP contribution in [0.1, 0.15) is 24.0 Å². The van der Waals surface area contributed by atoms with Gasteiger partial charge in [0, 0.05) is 10.0 Å². The van der Waals surface area contributed by atoms with Crippen molar-refractivity contribution in [1.29, 1.82) is 0 Å². The molecule has 4 rings (SSSR count). The topological polar surface area (TPSA) is 70.8 Å². The second kappa shape index (κ2) is 7.79. The zero-order chi connectivity index (χ0) is 20.5. The van der Waals surface area contributed by atoms with E-state index in [-0.39, 0.29) is 12.5 Å². The normalized spacial score (nSPS) is 15.6. The molecule has 1 atom stereocenters. The molecule has 29 heavy (non-hydrogen) atoms. The Hall–Kier alpha value is -2.99. The van der Waals surface area contributed by atoms with E-state index >= 15 is 0 Å². The molecule has 0 aliphatic carbocycles. The lowest BCUT2D eigenvalue weighted by Crippen LogP contribution is -2.27. The molecule has 5 nitrogen and oxygen atoms in total. The van der Waals surface area contributed by atoms with E-state index in [9.17, 15) is 4.79 Å². The summed E-state index contributed by atoms with van der Waals surface area (Å²) >= 11 is 3.52. The number of esters is 1. The maximum atomic E-state index is 12.8. The highest BCUT2D eigenvalue weighted by molar-refractivity contribution is 9.10. The molecule has 0 saturated heterocycles. The Kier molecular flexibility index (Phi) is 5.20. The van der Waals surface area contributed by atoms with Crippen molar-refractivity contribution in [1.82, 2.24) is 0 Å². The first kappa shape index (κ1) is 19.3. The van der Waals surface area contributed by atoms with Gasteiger partial charge in [0.25, 0.3) is 0 Å². The van der Waals surface area contributed by atoms with Gasteiger partial charge in [-0.15, -0.1) is 0 Å². The Balaban J connectivity index is 1.99. The van der Waals surface area contributed by atoms with Gasteiger partial charge in [-0.25, -0.2) is 4.79 Å². The monoisotopic (exact) mass is 453 g/mol. The molecule has 0 bridgehead atoms. The Bertz CT molecular complexity index is 1120. The number of carbonyl (C=O) groups excluding carboxylic acids is 1. The van der Waals surface area contributed by atoms with E-state index in [1.807, 2.05) is 54.6 Å². The van der Waals surface area contributed by atoms with Crippen LogP contribution in [0.15, 0.2) is 70.5 Å². The fourth-order valence-electron chi connectivity index (χ4n) is 3.71. The van der Waals surface area contributed by atoms with Crippen LogP contribution in [0.25, 0.3) is 10.8 Å². The van der Waals surface area contributed by atoms with Crippen molar-refractivity contribution in [3.8, 4) is 11.5 Å². The molecule has 2 N–H and O–H groups in total. The number of nitrogens with two attached hydrogens (primary N) is 1. The minimum absolute atomic E-state index is 0.0632. The average molecular weight is 454 g/mol. The smallest absolute Gasteiger partial charge is 0.340 e. The van der Waals surface area contributed by atoms with Gasteiger partial charge in [-0.1, -0.05) is 40.2 Å². The maximum absolute atomic E-state index is 12.8. The number of ether oxygens (including phenoxy) is 3. The molecule has 0 saturated carbocycles. The second-order valence-electron chi connectivity index (χ2n) is 6.65. The molecule has 1 aliphatic heterocycles. The predicted molar refractivity (Wildman–Crippen MR) is 115 cm³/mol. The van der Waals surface area contributed by atoms with E-state index in [2.05, 4.69) is 15.9 Å². The Morgan fingerprint density at radius 3 is 2.59 bits per heavy atom. The number of carbonyl (C=O) groups is 1. The minimum atomic E-state index is -0.481. The lowest BCUT2D eigenvalue weighted by molar-refractivity contribution is -0.139. The minimum Gasteiger partial charge on any atom is -0.497 e. The third-order valence-corrected chi connectivity index (χ3v) is 5.48. The van der Waals surface area contributed by atoms with E-state index < -0.39 is 11.9 Å². The zero-order valence-corrected chi connectivity index (χ0v) is 17.7. The predicted octanol–water partition coefficient (Wildman–Crippen LogP) is 4.87. The van der Waals surface area contributed by atoms with Crippen LogP contribution in [0, 0.1) is 0 Å². The molecule has 3 aromatic rings. The van der Waals surface area contributed by atoms with Crippen LogP contribution >= 0.6 is 15.9 Å². The first-order valence-corrected chi connectivity index (χ1v) is 10.0. The molecule has 0 aromatic heterocycles. The summed E-state index contributed by atoms with van der Waals surface area (Å²) in [5, 5.41) is 2.02. The number of fused-ring (bicyclic) bond motifs is 3. The van der Waals surface area contributed by atoms with Crippen molar-refractivity contribution in [2.24, 2.45) is 5.73 Å².